The van der Waals surface area contributed by atoms with Crippen LogP contribution in [0.25, 0.3) is 0 Å². The number of benzene rings is 1. The van der Waals surface area contributed by atoms with Crippen LogP contribution in [0.15, 0.2) is 18.2 Å². The molecule has 1 aliphatic heterocycles. The van der Waals surface area contributed by atoms with E-state index in [2.05, 4.69) is 11.0 Å². The van der Waals surface area contributed by atoms with Crippen molar-refractivity contribution in [1.29, 1.82) is 0 Å². The number of thiocarbonyl (C=S) groups is 1. The van der Waals surface area contributed by atoms with Gasteiger partial charge in [0, 0.05) is 18.7 Å². The van der Waals surface area contributed by atoms with Crippen LogP contribution in [0, 0.1) is 5.41 Å². The Balaban J connectivity index is 1.70. The third-order valence-corrected chi connectivity index (χ3v) is 5.85. The molecule has 4 heteroatoms. The monoisotopic (exact) mass is 322 g/mol. The zero-order valence-electron chi connectivity index (χ0n) is 12.4. The maximum absolute atomic E-state index is 6.43. The van der Waals surface area contributed by atoms with Crippen molar-refractivity contribution in [2.45, 2.75) is 44.9 Å². The zero-order chi connectivity index (χ0) is 14.9. The lowest BCUT2D eigenvalue weighted by atomic mass is 9.68. The number of hydrogen-bond donors (Lipinski definition) is 1. The summed E-state index contributed by atoms with van der Waals surface area (Å²) in [5.74, 6) is 0. The van der Waals surface area contributed by atoms with E-state index < -0.39 is 0 Å². The van der Waals surface area contributed by atoms with Gasteiger partial charge in [-0.1, -0.05) is 43.1 Å². The van der Waals surface area contributed by atoms with E-state index >= 15 is 0 Å². The van der Waals surface area contributed by atoms with Crippen molar-refractivity contribution in [2.75, 3.05) is 18.0 Å². The molecule has 2 fully saturated rings. The first kappa shape index (κ1) is 15.1. The van der Waals surface area contributed by atoms with E-state index in [9.17, 15) is 0 Å². The van der Waals surface area contributed by atoms with Crippen LogP contribution in [-0.2, 0) is 0 Å². The van der Waals surface area contributed by atoms with Crippen LogP contribution in [0.3, 0.4) is 0 Å². The van der Waals surface area contributed by atoms with E-state index in [4.69, 9.17) is 29.6 Å². The third kappa shape index (κ3) is 3.19. The smallest absolute Gasteiger partial charge is 0.104 e. The van der Waals surface area contributed by atoms with Crippen LogP contribution < -0.4 is 10.6 Å². The Morgan fingerprint density at radius 1 is 1.10 bits per heavy atom. The average molecular weight is 323 g/mol. The largest absolute Gasteiger partial charge is 0.389 e. The van der Waals surface area contributed by atoms with Gasteiger partial charge in [0.25, 0.3) is 0 Å². The third-order valence-electron chi connectivity index (χ3n) is 5.31. The highest BCUT2D eigenvalue weighted by Gasteiger charge is 2.35. The first-order valence-electron chi connectivity index (χ1n) is 7.94. The minimum Gasteiger partial charge on any atom is -0.389 e. The molecule has 1 saturated heterocycles. The van der Waals surface area contributed by atoms with Crippen LogP contribution >= 0.6 is 23.8 Å². The SMILES string of the molecule is NC(=S)c1ccc(N2CCC3(CCCCC3)CC2)c(Cl)c1. The average Bonchev–Trinajstić information content (AvgIpc) is 2.49. The van der Waals surface area contributed by atoms with E-state index in [1.807, 2.05) is 12.1 Å². The van der Waals surface area contributed by atoms with E-state index in [1.165, 1.54) is 44.9 Å². The van der Waals surface area contributed by atoms with Crippen molar-refractivity contribution >= 4 is 34.5 Å². The van der Waals surface area contributed by atoms with Crippen molar-refractivity contribution in [3.05, 3.63) is 28.8 Å². The van der Waals surface area contributed by atoms with Gasteiger partial charge in [-0.25, -0.2) is 0 Å². The highest BCUT2D eigenvalue weighted by Crippen LogP contribution is 2.45. The van der Waals surface area contributed by atoms with E-state index in [0.717, 1.165) is 29.4 Å². The molecular formula is C17H23ClN2S. The number of anilines is 1. The standard InChI is InChI=1S/C17H23ClN2S/c18-14-12-13(16(19)21)4-5-15(14)20-10-8-17(9-11-20)6-2-1-3-7-17/h4-5,12H,1-3,6-11H2,(H2,19,21). The molecule has 3 rings (SSSR count). The molecule has 2 N–H and O–H groups in total. The molecule has 1 aromatic rings. The number of rotatable bonds is 2. The molecule has 2 aliphatic rings. The number of nitrogens with zero attached hydrogens (tertiary/aromatic N) is 1. The molecule has 21 heavy (non-hydrogen) atoms. The fourth-order valence-electron chi connectivity index (χ4n) is 3.94. The molecule has 0 unspecified atom stereocenters. The lowest BCUT2D eigenvalue weighted by Gasteiger charge is -2.45. The van der Waals surface area contributed by atoms with Gasteiger partial charge in [-0.3, -0.25) is 0 Å². The minimum absolute atomic E-state index is 0.406. The van der Waals surface area contributed by atoms with Crippen LogP contribution in [0.1, 0.15) is 50.5 Å². The molecule has 1 aliphatic carbocycles. The van der Waals surface area contributed by atoms with Gasteiger partial charge in [-0.05, 0) is 49.3 Å². The summed E-state index contributed by atoms with van der Waals surface area (Å²) in [6, 6.07) is 5.94. The molecule has 0 amide bonds. The lowest BCUT2D eigenvalue weighted by molar-refractivity contribution is 0.144. The Bertz CT molecular complexity index is 528. The first-order valence-corrected chi connectivity index (χ1v) is 8.73. The summed E-state index contributed by atoms with van der Waals surface area (Å²) in [7, 11) is 0. The van der Waals surface area contributed by atoms with Crippen molar-refractivity contribution in [3.8, 4) is 0 Å². The fourth-order valence-corrected chi connectivity index (χ4v) is 4.37. The minimum atomic E-state index is 0.406. The van der Waals surface area contributed by atoms with Gasteiger partial charge in [-0.2, -0.15) is 0 Å². The molecule has 1 saturated carbocycles. The Morgan fingerprint density at radius 3 is 2.33 bits per heavy atom. The van der Waals surface area contributed by atoms with E-state index in [1.54, 1.807) is 0 Å². The number of halogens is 1. The van der Waals surface area contributed by atoms with Gasteiger partial charge in [0.05, 0.1) is 10.7 Å². The van der Waals surface area contributed by atoms with Crippen molar-refractivity contribution in [2.24, 2.45) is 11.1 Å². The predicted molar refractivity (Wildman–Crippen MR) is 94.3 cm³/mol. The summed E-state index contributed by atoms with van der Waals surface area (Å²) in [4.78, 5) is 2.83. The van der Waals surface area contributed by atoms with Crippen molar-refractivity contribution < 1.29 is 0 Å². The lowest BCUT2D eigenvalue weighted by Crippen LogP contribution is -2.41. The quantitative estimate of drug-likeness (QED) is 0.811. The molecule has 114 valence electrons. The fraction of sp³-hybridized carbons (Fsp3) is 0.588. The van der Waals surface area contributed by atoms with Gasteiger partial charge in [0.15, 0.2) is 0 Å². The number of hydrogen-bond acceptors (Lipinski definition) is 2. The van der Waals surface area contributed by atoms with Crippen molar-refractivity contribution in [3.63, 3.8) is 0 Å². The van der Waals surface area contributed by atoms with Gasteiger partial charge in [0.2, 0.25) is 0 Å². The van der Waals surface area contributed by atoms with E-state index in [0.29, 0.717) is 10.4 Å². The number of piperidine rings is 1. The Morgan fingerprint density at radius 2 is 1.76 bits per heavy atom. The molecule has 0 atom stereocenters. The summed E-state index contributed by atoms with van der Waals surface area (Å²) in [5.41, 5.74) is 8.26. The Labute approximate surface area is 137 Å². The number of nitrogens with two attached hydrogens (primary N) is 1. The second-order valence-electron chi connectivity index (χ2n) is 6.58. The summed E-state index contributed by atoms with van der Waals surface area (Å²) in [6.07, 6.45) is 9.73. The van der Waals surface area contributed by atoms with Gasteiger partial charge in [0.1, 0.15) is 4.99 Å². The highest BCUT2D eigenvalue weighted by atomic mass is 35.5. The molecule has 2 nitrogen and oxygen atoms in total. The Kier molecular flexibility index (Phi) is 4.41. The van der Waals surface area contributed by atoms with Gasteiger partial charge < -0.3 is 10.6 Å². The predicted octanol–water partition coefficient (Wildman–Crippen LogP) is 4.52. The first-order chi connectivity index (χ1) is 10.1. The highest BCUT2D eigenvalue weighted by molar-refractivity contribution is 7.80. The molecule has 0 aromatic heterocycles. The van der Waals surface area contributed by atoms with Crippen LogP contribution in [0.5, 0.6) is 0 Å². The summed E-state index contributed by atoms with van der Waals surface area (Å²) in [6.45, 7) is 2.23. The molecular weight excluding hydrogens is 300 g/mol. The van der Waals surface area contributed by atoms with Crippen LogP contribution in [0.2, 0.25) is 5.02 Å². The van der Waals surface area contributed by atoms with Crippen LogP contribution in [-0.4, -0.2) is 18.1 Å². The molecule has 0 radical (unpaired) electrons. The summed E-state index contributed by atoms with van der Waals surface area (Å²) >= 11 is 11.4. The van der Waals surface area contributed by atoms with Gasteiger partial charge in [-0.15, -0.1) is 0 Å². The van der Waals surface area contributed by atoms with Crippen LogP contribution in [0.4, 0.5) is 5.69 Å². The van der Waals surface area contributed by atoms with Crippen molar-refractivity contribution in [1.82, 2.24) is 0 Å². The van der Waals surface area contributed by atoms with Gasteiger partial charge >= 0.3 is 0 Å². The summed E-state index contributed by atoms with van der Waals surface area (Å²) < 4.78 is 0. The second-order valence-corrected chi connectivity index (χ2v) is 7.43. The molecule has 1 aromatic carbocycles. The molecule has 1 spiro atoms. The van der Waals surface area contributed by atoms with E-state index in [-0.39, 0.29) is 0 Å². The maximum Gasteiger partial charge on any atom is 0.104 e. The molecule has 1 heterocycles. The second kappa shape index (κ2) is 6.13. The molecule has 0 bridgehead atoms. The normalized spacial score (nSPS) is 21.5. The Hall–Kier alpha value is -0.800. The summed E-state index contributed by atoms with van der Waals surface area (Å²) in [5, 5.41) is 0.764. The topological polar surface area (TPSA) is 29.3 Å². The zero-order valence-corrected chi connectivity index (χ0v) is 14.0. The maximum atomic E-state index is 6.43.